The number of hydrogen-bond acceptors (Lipinski definition) is 24. The van der Waals surface area contributed by atoms with E-state index in [0.717, 1.165) is 162 Å². The molecule has 31 nitrogen and oxygen atoms in total. The van der Waals surface area contributed by atoms with Crippen LogP contribution in [0.5, 0.6) is 0 Å². The Balaban J connectivity index is 0.000000111. The van der Waals surface area contributed by atoms with Gasteiger partial charge in [0.05, 0.1) is 69.3 Å². The van der Waals surface area contributed by atoms with Crippen LogP contribution in [0.2, 0.25) is 10.0 Å². The van der Waals surface area contributed by atoms with Gasteiger partial charge in [0.1, 0.15) is 45.4 Å². The van der Waals surface area contributed by atoms with Crippen molar-refractivity contribution in [1.82, 2.24) is 98.1 Å². The van der Waals surface area contributed by atoms with Crippen LogP contribution in [0, 0.1) is 18.6 Å². The Morgan fingerprint density at radius 2 is 0.659 bits per heavy atom. The van der Waals surface area contributed by atoms with Gasteiger partial charge in [0.15, 0.2) is 11.5 Å². The van der Waals surface area contributed by atoms with Crippen LogP contribution in [-0.2, 0) is 14.1 Å². The van der Waals surface area contributed by atoms with Gasteiger partial charge in [-0.05, 0) is 130 Å². The van der Waals surface area contributed by atoms with Gasteiger partial charge in [-0.1, -0.05) is 29.3 Å². The van der Waals surface area contributed by atoms with Crippen LogP contribution in [-0.4, -0.2) is 201 Å². The summed E-state index contributed by atoms with van der Waals surface area (Å²) >= 11 is 11.8. The molecular formula is C91H93Cl2F2N25O6. The van der Waals surface area contributed by atoms with Gasteiger partial charge in [-0.2, -0.15) is 10.2 Å². The average Bonchev–Trinajstić information content (AvgIpc) is 1.69. The average molecular weight is 1740 g/mol. The molecule has 13 aromatic heterocycles. The number of nitrogens with one attached hydrogen (secondary N) is 5. The zero-order valence-electron chi connectivity index (χ0n) is 70.2. The van der Waals surface area contributed by atoms with Crippen molar-refractivity contribution in [2.45, 2.75) is 45.8 Å². The minimum atomic E-state index is -0.460. The molecule has 5 saturated heterocycles. The van der Waals surface area contributed by atoms with Crippen molar-refractivity contribution >= 4 is 91.0 Å². The highest BCUT2D eigenvalue weighted by Gasteiger charge is 2.23. The molecular weight excluding hydrogens is 1650 g/mol. The largest absolute Gasteiger partial charge is 0.441 e. The lowest BCUT2D eigenvalue weighted by Gasteiger charge is -2.33. The Hall–Kier alpha value is -13.4. The lowest BCUT2D eigenvalue weighted by molar-refractivity contribution is 0.484. The van der Waals surface area contributed by atoms with Gasteiger partial charge < -0.3 is 55.5 Å². The number of rotatable bonds is 10. The Morgan fingerprint density at radius 3 is 0.968 bits per heavy atom. The molecule has 16 aromatic rings. The van der Waals surface area contributed by atoms with Crippen molar-refractivity contribution in [3.63, 3.8) is 0 Å². The van der Waals surface area contributed by atoms with Crippen LogP contribution in [0.1, 0.15) is 26.7 Å². The number of benzene rings is 3. The molecule has 0 amide bonds. The Morgan fingerprint density at radius 1 is 0.349 bits per heavy atom. The number of fused-ring (bicyclic) bond motifs is 6. The fourth-order valence-corrected chi connectivity index (χ4v) is 16.6. The van der Waals surface area contributed by atoms with Gasteiger partial charge in [-0.3, -0.25) is 55.3 Å². The van der Waals surface area contributed by atoms with E-state index >= 15 is 0 Å². The summed E-state index contributed by atoms with van der Waals surface area (Å²) in [4.78, 5) is 101. The number of piperazine rings is 5. The molecule has 5 aliphatic rings. The van der Waals surface area contributed by atoms with E-state index in [9.17, 15) is 32.8 Å². The SMILES string of the molecule is C[C@H]1CN(c2ccc3nc(-c4cc(F)cc(Cl)c4)cc(=O)n3c2)CCN1.C[C@H]1CN(c2ccc3nc(-c4cnn(C)c4)cc(=O)n3c2)CCN1.Cc1nc2ccc(-c3cc(=O)n4cc(N5CCN[C@H](C)C5)ccc4n3)cc2o1.Cn1cc(-c2cc(=O)n3cc(N4CCNCC4)ccc3n2)cn1.O=c1cc(-c2cc(F)cc(Cl)c2)nc2ccc(N3CCNCC3)cn12. The normalized spacial score (nSPS) is 16.7. The molecule has 5 N–H and O–H groups in total. The Kier molecular flexibility index (Phi) is 25.0. The number of hydrogen-bond donors (Lipinski definition) is 5. The molecule has 35 heteroatoms. The second-order valence-electron chi connectivity index (χ2n) is 31.9. The second kappa shape index (κ2) is 37.2. The molecule has 5 fully saturated rings. The summed E-state index contributed by atoms with van der Waals surface area (Å²) in [6, 6.07) is 42.1. The standard InChI is InChI=1S/C21H21N5O2.C19H18ClFN4O.C18H16ClFN4O.C17H20N6O.C16H18N6O/c1-13-11-25(8-7-22-13)16-4-6-20-24-18(10-21(27)26(20)12-16)15-3-5-17-19(9-15)28-14(2)23-17;1-12-10-24(5-4-22-12)16-2-3-18-23-17(9-19(26)25(18)11-16)13-6-14(20)8-15(21)7-13;19-13-7-12(8-14(20)9-13)16-10-18(25)24-11-15(1-2-17(24)22-16)23-5-3-21-4-6-23;1-12-9-22(6-5-18-12)14-3-4-16-20-15(7-17(24)23(16)11-14)13-8-19-21(2)10-13;1-20-10-12(9-18-20)14-8-16(23)22-11-13(2-3-15(22)19-14)21-6-4-17-5-7-21/h3-6,9-10,12-13,22H,7-8,11H2,1-2H3;2-3,6-9,11-12,22H,4-5,10H2,1H3;1-2,7-11,21H,3-6H2;3-4,7-8,10-12,18H,5-6,9H2,1-2H3;2-3,8-11,17H,4-7H2,1H3/t13-;12-;;12-;/m10.0./s1. The van der Waals surface area contributed by atoms with Crippen molar-refractivity contribution in [2.24, 2.45) is 14.1 Å². The summed E-state index contributed by atoms with van der Waals surface area (Å²) in [7, 11) is 3.69. The molecule has 126 heavy (non-hydrogen) atoms. The lowest BCUT2D eigenvalue weighted by atomic mass is 10.1. The highest BCUT2D eigenvalue weighted by Crippen LogP contribution is 2.30. The van der Waals surface area contributed by atoms with E-state index in [4.69, 9.17) is 32.6 Å². The lowest BCUT2D eigenvalue weighted by Crippen LogP contribution is -2.49. The summed E-state index contributed by atoms with van der Waals surface area (Å²) in [5.41, 5.74) is 15.1. The molecule has 3 atom stereocenters. The van der Waals surface area contributed by atoms with E-state index in [1.165, 1.54) is 45.2 Å². The number of oxazole rings is 1. The van der Waals surface area contributed by atoms with E-state index in [1.807, 2.05) is 137 Å². The monoisotopic (exact) mass is 1740 g/mol. The summed E-state index contributed by atoms with van der Waals surface area (Å²) in [5, 5.41) is 25.7. The molecule has 0 bridgehead atoms. The first-order valence-electron chi connectivity index (χ1n) is 41.8. The summed E-state index contributed by atoms with van der Waals surface area (Å²) < 4.78 is 44.1. The first-order valence-corrected chi connectivity index (χ1v) is 42.5. The van der Waals surface area contributed by atoms with Crippen molar-refractivity contribution in [3.8, 4) is 56.3 Å². The van der Waals surface area contributed by atoms with Crippen LogP contribution in [0.25, 0.3) is 95.6 Å². The van der Waals surface area contributed by atoms with Crippen LogP contribution >= 0.6 is 23.2 Å². The maximum absolute atomic E-state index is 13.6. The van der Waals surface area contributed by atoms with Gasteiger partial charge in [-0.25, -0.2) is 38.7 Å². The number of nitrogens with zero attached hydrogens (tertiary/aromatic N) is 20. The van der Waals surface area contributed by atoms with Crippen LogP contribution in [0.3, 0.4) is 0 Å². The van der Waals surface area contributed by atoms with Gasteiger partial charge >= 0.3 is 0 Å². The molecule has 3 aromatic carbocycles. The third kappa shape index (κ3) is 19.6. The van der Waals surface area contributed by atoms with Crippen molar-refractivity contribution < 1.29 is 13.2 Å². The van der Waals surface area contributed by atoms with Gasteiger partial charge in [-0.15, -0.1) is 0 Å². The Bertz CT molecular complexity index is 7020. The quantitative estimate of drug-likeness (QED) is 0.0851. The zero-order chi connectivity index (χ0) is 87.4. The molecule has 5 aliphatic heterocycles. The first kappa shape index (κ1) is 84.8. The zero-order valence-corrected chi connectivity index (χ0v) is 71.7. The van der Waals surface area contributed by atoms with E-state index in [0.29, 0.717) is 97.4 Å². The van der Waals surface area contributed by atoms with Gasteiger partial charge in [0.25, 0.3) is 27.8 Å². The summed E-state index contributed by atoms with van der Waals surface area (Å²) in [6.07, 6.45) is 16.4. The minimum Gasteiger partial charge on any atom is -0.441 e. The predicted molar refractivity (Wildman–Crippen MR) is 489 cm³/mol. The highest BCUT2D eigenvalue weighted by atomic mass is 35.5. The van der Waals surface area contributed by atoms with E-state index in [1.54, 1.807) is 71.5 Å². The molecule has 0 radical (unpaired) electrons. The Labute approximate surface area is 730 Å². The van der Waals surface area contributed by atoms with Gasteiger partial charge in [0, 0.05) is 262 Å². The molecule has 0 unspecified atom stereocenters. The fraction of sp³-hybridized carbons (Fsp3) is 0.286. The number of aromatic nitrogens is 15. The van der Waals surface area contributed by atoms with Crippen LogP contribution < -0.4 is 78.9 Å². The number of pyridine rings is 5. The third-order valence-electron chi connectivity index (χ3n) is 22.5. The third-order valence-corrected chi connectivity index (χ3v) is 22.9. The van der Waals surface area contributed by atoms with Crippen molar-refractivity contribution in [3.05, 3.63) is 281 Å². The number of aryl methyl sites for hydroxylation is 3. The van der Waals surface area contributed by atoms with Crippen molar-refractivity contribution in [2.75, 3.05) is 136 Å². The maximum Gasteiger partial charge on any atom is 0.258 e. The van der Waals surface area contributed by atoms with E-state index in [2.05, 4.69) is 107 Å². The smallest absolute Gasteiger partial charge is 0.258 e. The first-order chi connectivity index (χ1) is 61.0. The number of halogens is 4. The molecule has 18 heterocycles. The van der Waals surface area contributed by atoms with Crippen LogP contribution in [0.4, 0.5) is 37.2 Å². The molecule has 0 aliphatic carbocycles. The predicted octanol–water partition coefficient (Wildman–Crippen LogP) is 9.52. The molecule has 21 rings (SSSR count). The molecule has 0 spiro atoms. The topological polar surface area (TPSA) is 310 Å². The van der Waals surface area contributed by atoms with Gasteiger partial charge in [0.2, 0.25) is 0 Å². The minimum absolute atomic E-state index is 0.0779. The number of anilines is 5. The highest BCUT2D eigenvalue weighted by molar-refractivity contribution is 6.31. The van der Waals surface area contributed by atoms with Crippen LogP contribution in [0.15, 0.2) is 230 Å². The van der Waals surface area contributed by atoms with Crippen molar-refractivity contribution in [1.29, 1.82) is 0 Å². The van der Waals surface area contributed by atoms with E-state index < -0.39 is 11.6 Å². The molecule has 0 saturated carbocycles. The fourth-order valence-electron chi connectivity index (χ4n) is 16.2. The maximum atomic E-state index is 13.6. The summed E-state index contributed by atoms with van der Waals surface area (Å²) in [5.74, 6) is -0.301. The second-order valence-corrected chi connectivity index (χ2v) is 32.8. The summed E-state index contributed by atoms with van der Waals surface area (Å²) in [6.45, 7) is 24.0. The molecule has 646 valence electrons. The van der Waals surface area contributed by atoms with E-state index in [-0.39, 0.29) is 37.8 Å².